The van der Waals surface area contributed by atoms with Gasteiger partial charge in [-0.25, -0.2) is 0 Å². The Morgan fingerprint density at radius 2 is 1.48 bits per heavy atom. The van der Waals surface area contributed by atoms with Gasteiger partial charge in [0.25, 0.3) is 0 Å². The Hall–Kier alpha value is -3.11. The normalized spacial score (nSPS) is 11.5. The minimum absolute atomic E-state index is 0.0400. The maximum atomic E-state index is 13.4. The summed E-state index contributed by atoms with van der Waals surface area (Å²) in [6.07, 6.45) is 1.11. The second kappa shape index (κ2) is 11.3. The highest BCUT2D eigenvalue weighted by Gasteiger charge is 2.30. The van der Waals surface area contributed by atoms with Gasteiger partial charge in [-0.3, -0.25) is 9.59 Å². The van der Waals surface area contributed by atoms with Gasteiger partial charge in [0, 0.05) is 24.5 Å². The van der Waals surface area contributed by atoms with Gasteiger partial charge in [0.2, 0.25) is 11.8 Å². The van der Waals surface area contributed by atoms with Crippen LogP contribution in [0.15, 0.2) is 84.9 Å². The number of carbonyl (C=O) groups is 2. The van der Waals surface area contributed by atoms with E-state index in [-0.39, 0.29) is 11.8 Å². The quantitative estimate of drug-likeness (QED) is 0.481. The zero-order valence-electron chi connectivity index (χ0n) is 17.6. The van der Waals surface area contributed by atoms with Gasteiger partial charge in [0.1, 0.15) is 6.04 Å². The summed E-state index contributed by atoms with van der Waals surface area (Å²) < 4.78 is 0. The lowest BCUT2D eigenvalue weighted by atomic mass is 10.0. The van der Waals surface area contributed by atoms with E-state index in [0.717, 1.165) is 23.1 Å². The number of benzene rings is 3. The molecule has 0 aliphatic heterocycles. The molecule has 3 rings (SSSR count). The Morgan fingerprint density at radius 1 is 0.871 bits per heavy atom. The number of halogens is 1. The molecule has 0 bridgehead atoms. The molecular weight excluding hydrogens is 408 g/mol. The van der Waals surface area contributed by atoms with Crippen LogP contribution >= 0.6 is 11.6 Å². The number of carbonyl (C=O) groups excluding carboxylic acids is 2. The van der Waals surface area contributed by atoms with Crippen molar-refractivity contribution in [2.75, 3.05) is 0 Å². The van der Waals surface area contributed by atoms with Gasteiger partial charge in [-0.1, -0.05) is 91.3 Å². The van der Waals surface area contributed by atoms with Crippen LogP contribution in [0.25, 0.3) is 0 Å². The third-order valence-electron chi connectivity index (χ3n) is 5.04. The van der Waals surface area contributed by atoms with Crippen LogP contribution in [0.3, 0.4) is 0 Å². The fourth-order valence-electron chi connectivity index (χ4n) is 3.46. The molecule has 3 aromatic carbocycles. The highest BCUT2D eigenvalue weighted by molar-refractivity contribution is 6.30. The van der Waals surface area contributed by atoms with Crippen LogP contribution in [0.2, 0.25) is 5.02 Å². The molecule has 160 valence electrons. The van der Waals surface area contributed by atoms with Crippen LogP contribution < -0.4 is 5.32 Å². The monoisotopic (exact) mass is 434 g/mol. The molecule has 4 nitrogen and oxygen atoms in total. The molecule has 0 aliphatic rings. The molecule has 0 spiro atoms. The maximum absolute atomic E-state index is 13.4. The Labute approximate surface area is 188 Å². The van der Waals surface area contributed by atoms with E-state index in [9.17, 15) is 9.59 Å². The van der Waals surface area contributed by atoms with Crippen LogP contribution in [-0.4, -0.2) is 16.7 Å². The van der Waals surface area contributed by atoms with E-state index in [1.165, 1.54) is 0 Å². The third-order valence-corrected chi connectivity index (χ3v) is 5.29. The summed E-state index contributed by atoms with van der Waals surface area (Å²) in [5.74, 6) is -0.247. The first-order chi connectivity index (χ1) is 15.1. The van der Waals surface area contributed by atoms with E-state index in [1.807, 2.05) is 79.7 Å². The molecule has 0 heterocycles. The number of hydrogen-bond donors (Lipinski definition) is 1. The van der Waals surface area contributed by atoms with E-state index in [0.29, 0.717) is 24.5 Å². The summed E-state index contributed by atoms with van der Waals surface area (Å²) in [4.78, 5) is 28.2. The smallest absolute Gasteiger partial charge is 0.247 e. The van der Waals surface area contributed by atoms with Crippen LogP contribution in [0.1, 0.15) is 42.5 Å². The summed E-state index contributed by atoms with van der Waals surface area (Å²) in [7, 11) is 0. The number of nitrogens with zero attached hydrogens (tertiary/aromatic N) is 1. The molecule has 0 fully saturated rings. The Kier molecular flexibility index (Phi) is 8.25. The standard InChI is InChI=1S/C26H27ClN2O2/c1-2-9-24(30)29(19-21-10-5-3-6-11-21)25(22-12-7-4-8-13-22)26(31)28-18-20-14-16-23(27)17-15-20/h3-8,10-17,25H,2,9,18-19H2,1H3,(H,28,31). The second-order valence-electron chi connectivity index (χ2n) is 7.41. The first-order valence-electron chi connectivity index (χ1n) is 10.5. The van der Waals surface area contributed by atoms with E-state index in [4.69, 9.17) is 11.6 Å². The highest BCUT2D eigenvalue weighted by Crippen LogP contribution is 2.25. The van der Waals surface area contributed by atoms with E-state index >= 15 is 0 Å². The summed E-state index contributed by atoms with van der Waals surface area (Å²) in [6.45, 7) is 2.70. The molecule has 0 radical (unpaired) electrons. The largest absolute Gasteiger partial charge is 0.350 e. The SMILES string of the molecule is CCCC(=O)N(Cc1ccccc1)C(C(=O)NCc1ccc(Cl)cc1)c1ccccc1. The Bertz CT molecular complexity index is 975. The van der Waals surface area contributed by atoms with Crippen molar-refractivity contribution in [1.82, 2.24) is 10.2 Å². The van der Waals surface area contributed by atoms with Gasteiger partial charge in [-0.15, -0.1) is 0 Å². The number of amides is 2. The van der Waals surface area contributed by atoms with Crippen molar-refractivity contribution in [2.24, 2.45) is 0 Å². The van der Waals surface area contributed by atoms with Crippen LogP contribution in [-0.2, 0) is 22.7 Å². The molecule has 1 unspecified atom stereocenters. The molecule has 0 saturated carbocycles. The lowest BCUT2D eigenvalue weighted by Gasteiger charge is -2.31. The van der Waals surface area contributed by atoms with Gasteiger partial charge in [0.05, 0.1) is 0 Å². The van der Waals surface area contributed by atoms with Gasteiger partial charge in [0.15, 0.2) is 0 Å². The highest BCUT2D eigenvalue weighted by atomic mass is 35.5. The van der Waals surface area contributed by atoms with Crippen molar-refractivity contribution in [1.29, 1.82) is 0 Å². The average Bonchev–Trinajstić information content (AvgIpc) is 2.80. The molecule has 0 saturated heterocycles. The fraction of sp³-hybridized carbons (Fsp3) is 0.231. The van der Waals surface area contributed by atoms with Crippen LogP contribution in [0, 0.1) is 0 Å². The minimum atomic E-state index is -0.715. The molecule has 3 aromatic rings. The Balaban J connectivity index is 1.89. The third kappa shape index (κ3) is 6.43. The van der Waals surface area contributed by atoms with Crippen molar-refractivity contribution in [3.8, 4) is 0 Å². The van der Waals surface area contributed by atoms with Gasteiger partial charge in [-0.2, -0.15) is 0 Å². The predicted octanol–water partition coefficient (Wildman–Crippen LogP) is 5.53. The molecule has 5 heteroatoms. The lowest BCUT2D eigenvalue weighted by Crippen LogP contribution is -2.43. The van der Waals surface area contributed by atoms with Crippen molar-refractivity contribution in [3.05, 3.63) is 107 Å². The summed E-state index contributed by atoms with van der Waals surface area (Å²) in [6, 6.07) is 25.9. The molecule has 0 aromatic heterocycles. The second-order valence-corrected chi connectivity index (χ2v) is 7.85. The van der Waals surface area contributed by atoms with Crippen molar-refractivity contribution in [2.45, 2.75) is 38.9 Å². The predicted molar refractivity (Wildman–Crippen MR) is 124 cm³/mol. The number of hydrogen-bond acceptors (Lipinski definition) is 2. The summed E-state index contributed by atoms with van der Waals surface area (Å²) in [5.41, 5.74) is 2.72. The summed E-state index contributed by atoms with van der Waals surface area (Å²) >= 11 is 5.96. The van der Waals surface area contributed by atoms with Gasteiger partial charge in [-0.05, 0) is 35.2 Å². The van der Waals surface area contributed by atoms with Crippen molar-refractivity contribution >= 4 is 23.4 Å². The molecule has 2 amide bonds. The lowest BCUT2D eigenvalue weighted by molar-refractivity contribution is -0.141. The zero-order valence-corrected chi connectivity index (χ0v) is 18.4. The van der Waals surface area contributed by atoms with Gasteiger partial charge < -0.3 is 10.2 Å². The molecule has 1 atom stereocenters. The van der Waals surface area contributed by atoms with Crippen molar-refractivity contribution in [3.63, 3.8) is 0 Å². The van der Waals surface area contributed by atoms with Gasteiger partial charge >= 0.3 is 0 Å². The van der Waals surface area contributed by atoms with Crippen molar-refractivity contribution < 1.29 is 9.59 Å². The summed E-state index contributed by atoms with van der Waals surface area (Å²) in [5, 5.41) is 3.65. The minimum Gasteiger partial charge on any atom is -0.350 e. The fourth-order valence-corrected chi connectivity index (χ4v) is 3.58. The topological polar surface area (TPSA) is 49.4 Å². The van der Waals surface area contributed by atoms with Crippen LogP contribution in [0.4, 0.5) is 0 Å². The van der Waals surface area contributed by atoms with Crippen LogP contribution in [0.5, 0.6) is 0 Å². The Morgan fingerprint density at radius 3 is 2.10 bits per heavy atom. The first kappa shape index (κ1) is 22.6. The van der Waals surface area contributed by atoms with E-state index < -0.39 is 6.04 Å². The van der Waals surface area contributed by atoms with E-state index in [1.54, 1.807) is 17.0 Å². The average molecular weight is 435 g/mol. The molecular formula is C26H27ClN2O2. The maximum Gasteiger partial charge on any atom is 0.247 e. The molecule has 0 aliphatic carbocycles. The molecule has 1 N–H and O–H groups in total. The van der Waals surface area contributed by atoms with E-state index in [2.05, 4.69) is 5.32 Å². The zero-order chi connectivity index (χ0) is 22.1. The number of nitrogens with one attached hydrogen (secondary N) is 1. The molecule has 31 heavy (non-hydrogen) atoms. The number of rotatable bonds is 9. The first-order valence-corrected chi connectivity index (χ1v) is 10.9.